The number of rotatable bonds is 2. The molecule has 1 aromatic heterocycles. The Balaban J connectivity index is 3.34. The number of alkyl halides is 2. The SMILES string of the molecule is Cc1nc(Br)c(C(F)F)cc1C(=O)O. The Bertz CT molecular complexity index is 382. The smallest absolute Gasteiger partial charge is 0.337 e. The molecule has 0 aliphatic rings. The maximum atomic E-state index is 12.3. The lowest BCUT2D eigenvalue weighted by molar-refractivity contribution is 0.0695. The molecule has 76 valence electrons. The Morgan fingerprint density at radius 1 is 1.64 bits per heavy atom. The molecule has 0 fully saturated rings. The first kappa shape index (κ1) is 11.0. The van der Waals surface area contributed by atoms with Gasteiger partial charge in [-0.25, -0.2) is 18.6 Å². The highest BCUT2D eigenvalue weighted by molar-refractivity contribution is 9.10. The van der Waals surface area contributed by atoms with Crippen molar-refractivity contribution in [1.82, 2.24) is 4.98 Å². The molecule has 0 saturated carbocycles. The van der Waals surface area contributed by atoms with Gasteiger partial charge in [-0.15, -0.1) is 0 Å². The predicted molar refractivity (Wildman–Crippen MR) is 48.6 cm³/mol. The first-order chi connectivity index (χ1) is 6.43. The average molecular weight is 266 g/mol. The zero-order chi connectivity index (χ0) is 10.9. The minimum Gasteiger partial charge on any atom is -0.478 e. The van der Waals surface area contributed by atoms with E-state index in [1.54, 1.807) is 0 Å². The van der Waals surface area contributed by atoms with E-state index < -0.39 is 18.0 Å². The lowest BCUT2D eigenvalue weighted by atomic mass is 10.1. The van der Waals surface area contributed by atoms with Crippen molar-refractivity contribution in [3.05, 3.63) is 27.5 Å². The molecular formula is C8H6BrF2NO2. The van der Waals surface area contributed by atoms with Crippen LogP contribution in [0.3, 0.4) is 0 Å². The summed E-state index contributed by atoms with van der Waals surface area (Å²) in [5, 5.41) is 8.66. The zero-order valence-corrected chi connectivity index (χ0v) is 8.68. The summed E-state index contributed by atoms with van der Waals surface area (Å²) in [6.45, 7) is 1.45. The maximum absolute atomic E-state index is 12.3. The number of aromatic nitrogens is 1. The lowest BCUT2D eigenvalue weighted by Crippen LogP contribution is -2.04. The Morgan fingerprint density at radius 2 is 2.21 bits per heavy atom. The van der Waals surface area contributed by atoms with Crippen LogP contribution in [0.1, 0.15) is 28.0 Å². The van der Waals surface area contributed by atoms with Crippen molar-refractivity contribution in [2.75, 3.05) is 0 Å². The van der Waals surface area contributed by atoms with Crippen LogP contribution >= 0.6 is 15.9 Å². The summed E-state index contributed by atoms with van der Waals surface area (Å²) in [6, 6.07) is 0.930. The number of carbonyl (C=O) groups is 1. The van der Waals surface area contributed by atoms with E-state index in [2.05, 4.69) is 20.9 Å². The highest BCUT2D eigenvalue weighted by Gasteiger charge is 2.18. The zero-order valence-electron chi connectivity index (χ0n) is 7.09. The number of carboxylic acids is 1. The van der Waals surface area contributed by atoms with E-state index in [0.29, 0.717) is 0 Å². The normalized spacial score (nSPS) is 10.6. The third-order valence-electron chi connectivity index (χ3n) is 1.66. The number of aryl methyl sites for hydroxylation is 1. The van der Waals surface area contributed by atoms with Gasteiger partial charge in [0, 0.05) is 0 Å². The van der Waals surface area contributed by atoms with Crippen molar-refractivity contribution in [1.29, 1.82) is 0 Å². The quantitative estimate of drug-likeness (QED) is 0.837. The van der Waals surface area contributed by atoms with E-state index in [0.717, 1.165) is 6.07 Å². The first-order valence-corrected chi connectivity index (χ1v) is 4.41. The lowest BCUT2D eigenvalue weighted by Gasteiger charge is -2.06. The minimum absolute atomic E-state index is 0.0185. The van der Waals surface area contributed by atoms with Crippen LogP contribution in [-0.2, 0) is 0 Å². The molecular weight excluding hydrogens is 260 g/mol. The molecule has 1 N–H and O–H groups in total. The van der Waals surface area contributed by atoms with Crippen molar-refractivity contribution in [2.24, 2.45) is 0 Å². The number of hydrogen-bond donors (Lipinski definition) is 1. The van der Waals surface area contributed by atoms with Gasteiger partial charge in [-0.3, -0.25) is 0 Å². The number of aromatic carboxylic acids is 1. The van der Waals surface area contributed by atoms with Gasteiger partial charge in [0.15, 0.2) is 0 Å². The van der Waals surface area contributed by atoms with E-state index in [1.165, 1.54) is 6.92 Å². The molecule has 0 amide bonds. The summed E-state index contributed by atoms with van der Waals surface area (Å²) in [5.41, 5.74) is -0.412. The summed E-state index contributed by atoms with van der Waals surface area (Å²) in [6.07, 6.45) is -2.74. The third-order valence-corrected chi connectivity index (χ3v) is 2.29. The van der Waals surface area contributed by atoms with Crippen LogP contribution in [0.5, 0.6) is 0 Å². The van der Waals surface area contributed by atoms with Gasteiger partial charge in [0.25, 0.3) is 6.43 Å². The second-order valence-electron chi connectivity index (χ2n) is 2.61. The van der Waals surface area contributed by atoms with Crippen LogP contribution in [0.4, 0.5) is 8.78 Å². The molecule has 0 bridgehead atoms. The van der Waals surface area contributed by atoms with E-state index in [-0.39, 0.29) is 15.9 Å². The Kier molecular flexibility index (Phi) is 3.15. The number of nitrogens with zero attached hydrogens (tertiary/aromatic N) is 1. The summed E-state index contributed by atoms with van der Waals surface area (Å²) in [5.74, 6) is -1.26. The third kappa shape index (κ3) is 2.06. The van der Waals surface area contributed by atoms with Gasteiger partial charge in [0.05, 0.1) is 16.8 Å². The van der Waals surface area contributed by atoms with Crippen LogP contribution in [0.2, 0.25) is 0 Å². The molecule has 0 unspecified atom stereocenters. The van der Waals surface area contributed by atoms with E-state index in [4.69, 9.17) is 5.11 Å². The second-order valence-corrected chi connectivity index (χ2v) is 3.36. The van der Waals surface area contributed by atoms with E-state index in [1.807, 2.05) is 0 Å². The van der Waals surface area contributed by atoms with Crippen molar-refractivity contribution in [2.45, 2.75) is 13.3 Å². The van der Waals surface area contributed by atoms with Crippen molar-refractivity contribution >= 4 is 21.9 Å². The molecule has 0 aliphatic heterocycles. The standard InChI is InChI=1S/C8H6BrF2NO2/c1-3-4(8(13)14)2-5(7(10)11)6(9)12-3/h2,7H,1H3,(H,13,14). The predicted octanol–water partition coefficient (Wildman–Crippen LogP) is 2.79. The molecule has 0 saturated heterocycles. The van der Waals surface area contributed by atoms with Crippen LogP contribution in [0.25, 0.3) is 0 Å². The highest BCUT2D eigenvalue weighted by Crippen LogP contribution is 2.27. The van der Waals surface area contributed by atoms with Crippen molar-refractivity contribution < 1.29 is 18.7 Å². The molecule has 14 heavy (non-hydrogen) atoms. The maximum Gasteiger partial charge on any atom is 0.337 e. The van der Waals surface area contributed by atoms with Crippen LogP contribution < -0.4 is 0 Å². The minimum atomic E-state index is -2.74. The first-order valence-electron chi connectivity index (χ1n) is 3.62. The molecule has 0 aromatic carbocycles. The summed E-state index contributed by atoms with van der Waals surface area (Å²) in [4.78, 5) is 14.3. The fraction of sp³-hybridized carbons (Fsp3) is 0.250. The monoisotopic (exact) mass is 265 g/mol. The molecule has 1 heterocycles. The summed E-state index contributed by atoms with van der Waals surface area (Å²) < 4.78 is 24.7. The van der Waals surface area contributed by atoms with Crippen LogP contribution in [0, 0.1) is 6.92 Å². The van der Waals surface area contributed by atoms with Crippen LogP contribution in [-0.4, -0.2) is 16.1 Å². The molecule has 3 nitrogen and oxygen atoms in total. The molecule has 0 radical (unpaired) electrons. The van der Waals surface area contributed by atoms with Gasteiger partial charge in [0.2, 0.25) is 0 Å². The van der Waals surface area contributed by atoms with Crippen LogP contribution in [0.15, 0.2) is 10.7 Å². The summed E-state index contributed by atoms with van der Waals surface area (Å²) in [7, 11) is 0. The fourth-order valence-corrected chi connectivity index (χ4v) is 1.51. The van der Waals surface area contributed by atoms with E-state index in [9.17, 15) is 13.6 Å². The van der Waals surface area contributed by atoms with Gasteiger partial charge >= 0.3 is 5.97 Å². The Labute approximate surface area is 86.9 Å². The molecule has 0 atom stereocenters. The average Bonchev–Trinajstić information content (AvgIpc) is 2.02. The van der Waals surface area contributed by atoms with Gasteiger partial charge in [0.1, 0.15) is 4.60 Å². The summed E-state index contributed by atoms with van der Waals surface area (Å²) >= 11 is 2.85. The van der Waals surface area contributed by atoms with Crippen molar-refractivity contribution in [3.63, 3.8) is 0 Å². The Hall–Kier alpha value is -1.04. The van der Waals surface area contributed by atoms with E-state index >= 15 is 0 Å². The number of carboxylic acid groups (broad SMARTS) is 1. The highest BCUT2D eigenvalue weighted by atomic mass is 79.9. The molecule has 1 rings (SSSR count). The second kappa shape index (κ2) is 4.00. The molecule has 0 spiro atoms. The topological polar surface area (TPSA) is 50.2 Å². The fourth-order valence-electron chi connectivity index (χ4n) is 0.961. The molecule has 6 heteroatoms. The molecule has 1 aromatic rings. The largest absolute Gasteiger partial charge is 0.478 e. The molecule has 0 aliphatic carbocycles. The number of halogens is 3. The van der Waals surface area contributed by atoms with Gasteiger partial charge in [-0.1, -0.05) is 0 Å². The van der Waals surface area contributed by atoms with Gasteiger partial charge < -0.3 is 5.11 Å². The Morgan fingerprint density at radius 3 is 2.64 bits per heavy atom. The van der Waals surface area contributed by atoms with Gasteiger partial charge in [-0.2, -0.15) is 0 Å². The van der Waals surface area contributed by atoms with Gasteiger partial charge in [-0.05, 0) is 28.9 Å². The number of hydrogen-bond acceptors (Lipinski definition) is 2. The van der Waals surface area contributed by atoms with Crippen molar-refractivity contribution in [3.8, 4) is 0 Å². The number of pyridine rings is 1.